The van der Waals surface area contributed by atoms with Crippen LogP contribution in [-0.4, -0.2) is 53.5 Å². The quantitative estimate of drug-likeness (QED) is 0.866. The third kappa shape index (κ3) is 2.75. The number of hydrogen-bond donors (Lipinski definition) is 2. The molecule has 1 atom stereocenters. The minimum absolute atomic E-state index is 0.0850. The van der Waals surface area contributed by atoms with Gasteiger partial charge in [-0.15, -0.1) is 0 Å². The molecule has 4 rings (SSSR count). The molecule has 6 nitrogen and oxygen atoms in total. The number of nitrogens with zero attached hydrogens (tertiary/aromatic N) is 3. The van der Waals surface area contributed by atoms with E-state index in [1.807, 2.05) is 4.90 Å². The molecule has 2 aliphatic rings. The molecule has 3 heterocycles. The predicted molar refractivity (Wildman–Crippen MR) is 88.2 cm³/mol. The number of imidazole rings is 1. The van der Waals surface area contributed by atoms with Crippen LogP contribution in [0.1, 0.15) is 17.4 Å². The third-order valence-corrected chi connectivity index (χ3v) is 4.78. The highest BCUT2D eigenvalue weighted by atomic mass is 19.1. The Morgan fingerprint density at radius 2 is 1.92 bits per heavy atom. The van der Waals surface area contributed by atoms with E-state index in [0.29, 0.717) is 13.1 Å². The van der Waals surface area contributed by atoms with Crippen LogP contribution in [0, 0.1) is 5.82 Å². The standard InChI is InChI=1S/C17H20FN5O/c18-12-1-3-13(4-2-12)22-7-9-23(10-8-22)17(24)16-15-14(5-6-19-16)20-11-21-15/h1-4,11,16,19H,5-10H2,(H,20,21)/t16-/m0/s1. The van der Waals surface area contributed by atoms with E-state index in [2.05, 4.69) is 20.2 Å². The van der Waals surface area contributed by atoms with Crippen LogP contribution in [0.2, 0.25) is 0 Å². The number of nitrogens with one attached hydrogen (secondary N) is 2. The van der Waals surface area contributed by atoms with Crippen molar-refractivity contribution in [2.75, 3.05) is 37.6 Å². The molecule has 1 saturated heterocycles. The van der Waals surface area contributed by atoms with Gasteiger partial charge < -0.3 is 20.1 Å². The number of carbonyl (C=O) groups is 1. The number of amides is 1. The van der Waals surface area contributed by atoms with Crippen molar-refractivity contribution in [3.8, 4) is 0 Å². The van der Waals surface area contributed by atoms with Crippen molar-refractivity contribution in [3.63, 3.8) is 0 Å². The van der Waals surface area contributed by atoms with Gasteiger partial charge in [-0.1, -0.05) is 0 Å². The van der Waals surface area contributed by atoms with Gasteiger partial charge in [0.2, 0.25) is 5.91 Å². The summed E-state index contributed by atoms with van der Waals surface area (Å²) in [4.78, 5) is 24.3. The molecule has 2 aromatic rings. The lowest BCUT2D eigenvalue weighted by Gasteiger charge is -2.38. The first-order chi connectivity index (χ1) is 11.7. The molecule has 2 N–H and O–H groups in total. The molecule has 0 spiro atoms. The van der Waals surface area contributed by atoms with E-state index >= 15 is 0 Å². The van der Waals surface area contributed by atoms with Crippen molar-refractivity contribution in [2.24, 2.45) is 0 Å². The van der Waals surface area contributed by atoms with Crippen LogP contribution in [0.3, 0.4) is 0 Å². The van der Waals surface area contributed by atoms with E-state index in [1.165, 1.54) is 12.1 Å². The fourth-order valence-electron chi connectivity index (χ4n) is 3.44. The Hall–Kier alpha value is -2.41. The Morgan fingerprint density at radius 3 is 2.67 bits per heavy atom. The van der Waals surface area contributed by atoms with Crippen molar-refractivity contribution in [1.82, 2.24) is 20.2 Å². The van der Waals surface area contributed by atoms with Gasteiger partial charge >= 0.3 is 0 Å². The minimum Gasteiger partial charge on any atom is -0.368 e. The van der Waals surface area contributed by atoms with Gasteiger partial charge in [0.1, 0.15) is 11.9 Å². The summed E-state index contributed by atoms with van der Waals surface area (Å²) >= 11 is 0. The number of aromatic nitrogens is 2. The number of benzene rings is 1. The summed E-state index contributed by atoms with van der Waals surface area (Å²) in [5, 5.41) is 3.28. The van der Waals surface area contributed by atoms with E-state index in [1.54, 1.807) is 18.5 Å². The van der Waals surface area contributed by atoms with E-state index in [9.17, 15) is 9.18 Å². The smallest absolute Gasteiger partial charge is 0.246 e. The van der Waals surface area contributed by atoms with Crippen LogP contribution in [0.15, 0.2) is 30.6 Å². The van der Waals surface area contributed by atoms with Crippen LogP contribution in [0.25, 0.3) is 0 Å². The number of aromatic amines is 1. The molecule has 126 valence electrons. The van der Waals surface area contributed by atoms with Crippen LogP contribution in [0.4, 0.5) is 10.1 Å². The van der Waals surface area contributed by atoms with Gasteiger partial charge in [0.05, 0.1) is 12.0 Å². The highest BCUT2D eigenvalue weighted by Gasteiger charge is 2.33. The number of hydrogen-bond acceptors (Lipinski definition) is 4. The number of fused-ring (bicyclic) bond motifs is 1. The molecule has 24 heavy (non-hydrogen) atoms. The number of halogens is 1. The Labute approximate surface area is 139 Å². The second kappa shape index (κ2) is 6.24. The Kier molecular flexibility index (Phi) is 3.93. The Morgan fingerprint density at radius 1 is 1.17 bits per heavy atom. The summed E-state index contributed by atoms with van der Waals surface area (Å²) < 4.78 is 13.0. The molecule has 7 heteroatoms. The van der Waals surface area contributed by atoms with Gasteiger partial charge in [-0.25, -0.2) is 9.37 Å². The fraction of sp³-hybridized carbons (Fsp3) is 0.412. The van der Waals surface area contributed by atoms with Gasteiger partial charge in [0.25, 0.3) is 0 Å². The molecule has 0 aliphatic carbocycles. The molecular formula is C17H20FN5O. The molecule has 0 radical (unpaired) electrons. The number of carbonyl (C=O) groups excluding carboxylic acids is 1. The SMILES string of the molecule is O=C([C@H]1NCCc2[nH]cnc21)N1CCN(c2ccc(F)cc2)CC1. The van der Waals surface area contributed by atoms with Gasteiger partial charge in [0, 0.05) is 50.5 Å². The first kappa shape index (κ1) is 15.1. The summed E-state index contributed by atoms with van der Waals surface area (Å²) in [7, 11) is 0. The number of piperazine rings is 1. The molecule has 0 unspecified atom stereocenters. The topological polar surface area (TPSA) is 64.3 Å². The third-order valence-electron chi connectivity index (χ3n) is 4.78. The lowest BCUT2D eigenvalue weighted by molar-refractivity contribution is -0.134. The van der Waals surface area contributed by atoms with Crippen molar-refractivity contribution >= 4 is 11.6 Å². The highest BCUT2D eigenvalue weighted by molar-refractivity contribution is 5.83. The van der Waals surface area contributed by atoms with Gasteiger partial charge in [-0.05, 0) is 24.3 Å². The average molecular weight is 329 g/mol. The van der Waals surface area contributed by atoms with Crippen molar-refractivity contribution < 1.29 is 9.18 Å². The van der Waals surface area contributed by atoms with Crippen molar-refractivity contribution in [2.45, 2.75) is 12.5 Å². The lowest BCUT2D eigenvalue weighted by Crippen LogP contribution is -2.52. The van der Waals surface area contributed by atoms with Crippen LogP contribution in [0.5, 0.6) is 0 Å². The maximum atomic E-state index is 13.0. The minimum atomic E-state index is -0.350. The zero-order chi connectivity index (χ0) is 16.5. The predicted octanol–water partition coefficient (Wildman–Crippen LogP) is 1.08. The average Bonchev–Trinajstić information content (AvgIpc) is 3.11. The second-order valence-electron chi connectivity index (χ2n) is 6.19. The van der Waals surface area contributed by atoms with Crippen molar-refractivity contribution in [3.05, 3.63) is 47.8 Å². The van der Waals surface area contributed by atoms with Crippen LogP contribution >= 0.6 is 0 Å². The number of anilines is 1. The van der Waals surface area contributed by atoms with Crippen LogP contribution < -0.4 is 10.2 Å². The summed E-state index contributed by atoms with van der Waals surface area (Å²) in [6, 6.07) is 6.16. The molecule has 1 amide bonds. The summed E-state index contributed by atoms with van der Waals surface area (Å²) in [5.74, 6) is -0.146. The molecule has 2 aliphatic heterocycles. The van der Waals surface area contributed by atoms with E-state index in [4.69, 9.17) is 0 Å². The Balaban J connectivity index is 1.41. The van der Waals surface area contributed by atoms with Gasteiger partial charge in [-0.3, -0.25) is 4.79 Å². The van der Waals surface area contributed by atoms with E-state index < -0.39 is 0 Å². The fourth-order valence-corrected chi connectivity index (χ4v) is 3.44. The van der Waals surface area contributed by atoms with Gasteiger partial charge in [-0.2, -0.15) is 0 Å². The maximum Gasteiger partial charge on any atom is 0.246 e. The number of H-pyrrole nitrogens is 1. The maximum absolute atomic E-state index is 13.0. The Bertz CT molecular complexity index is 721. The summed E-state index contributed by atoms with van der Waals surface area (Å²) in [6.45, 7) is 3.60. The number of rotatable bonds is 2. The van der Waals surface area contributed by atoms with Crippen LogP contribution in [-0.2, 0) is 11.2 Å². The first-order valence-electron chi connectivity index (χ1n) is 8.27. The second-order valence-corrected chi connectivity index (χ2v) is 6.19. The zero-order valence-electron chi connectivity index (χ0n) is 13.3. The molecule has 0 bridgehead atoms. The zero-order valence-corrected chi connectivity index (χ0v) is 13.3. The molecular weight excluding hydrogens is 309 g/mol. The van der Waals surface area contributed by atoms with E-state index in [-0.39, 0.29) is 17.8 Å². The molecule has 1 fully saturated rings. The first-order valence-corrected chi connectivity index (χ1v) is 8.27. The normalized spacial score (nSPS) is 20.8. The lowest BCUT2D eigenvalue weighted by atomic mass is 10.0. The van der Waals surface area contributed by atoms with Crippen molar-refractivity contribution in [1.29, 1.82) is 0 Å². The van der Waals surface area contributed by atoms with Gasteiger partial charge in [0.15, 0.2) is 0 Å². The largest absolute Gasteiger partial charge is 0.368 e. The summed E-state index contributed by atoms with van der Waals surface area (Å²) in [5.41, 5.74) is 2.87. The molecule has 0 saturated carbocycles. The highest BCUT2D eigenvalue weighted by Crippen LogP contribution is 2.23. The summed E-state index contributed by atoms with van der Waals surface area (Å²) in [6.07, 6.45) is 2.53. The van der Waals surface area contributed by atoms with E-state index in [0.717, 1.165) is 43.1 Å². The molecule has 1 aromatic carbocycles. The molecule has 1 aromatic heterocycles. The monoisotopic (exact) mass is 329 g/mol.